The number of urea groups is 1. The monoisotopic (exact) mass is 487 g/mol. The third-order valence-corrected chi connectivity index (χ3v) is 7.19. The molecule has 2 amide bonds. The first-order chi connectivity index (χ1) is 17.1. The van der Waals surface area contributed by atoms with Crippen LogP contribution in [0.4, 0.5) is 10.5 Å². The number of hydrogen-bond acceptors (Lipinski definition) is 4. The zero-order valence-corrected chi connectivity index (χ0v) is 19.9. The Balaban J connectivity index is 1.08. The Morgan fingerprint density at radius 2 is 2.00 bits per heavy atom. The molecule has 2 aromatic carbocycles. The molecule has 2 saturated heterocycles. The number of rotatable bonds is 5. The number of benzene rings is 2. The molecule has 8 heteroatoms. The number of anilines is 1. The van der Waals surface area contributed by atoms with Crippen LogP contribution in [-0.4, -0.2) is 51.5 Å². The molecule has 2 N–H and O–H groups in total. The van der Waals surface area contributed by atoms with Crippen LogP contribution in [0.5, 0.6) is 11.5 Å². The number of amides is 2. The second kappa shape index (κ2) is 9.24. The van der Waals surface area contributed by atoms with Gasteiger partial charge in [-0.15, -0.1) is 0 Å². The Hall–Kier alpha value is -3.55. The predicted octanol–water partition coefficient (Wildman–Crippen LogP) is 5.75. The molecule has 178 valence electrons. The van der Waals surface area contributed by atoms with Crippen LogP contribution in [0.15, 0.2) is 73.1 Å². The molecule has 6 rings (SSSR count). The molecule has 0 radical (unpaired) electrons. The van der Waals surface area contributed by atoms with E-state index >= 15 is 0 Å². The molecule has 2 aliphatic heterocycles. The quantitative estimate of drug-likeness (QED) is 0.376. The maximum atomic E-state index is 13.0. The highest BCUT2D eigenvalue weighted by Gasteiger charge is 2.42. The Labute approximate surface area is 208 Å². The normalized spacial score (nSPS) is 19.7. The fourth-order valence-electron chi connectivity index (χ4n) is 5.20. The fourth-order valence-corrected chi connectivity index (χ4v) is 5.33. The van der Waals surface area contributed by atoms with Gasteiger partial charge in [-0.2, -0.15) is 0 Å². The minimum absolute atomic E-state index is 0.0607. The van der Waals surface area contributed by atoms with E-state index in [1.807, 2.05) is 59.6 Å². The first kappa shape index (κ1) is 21.9. The van der Waals surface area contributed by atoms with Crippen LogP contribution in [-0.2, 0) is 6.54 Å². The molecule has 0 aliphatic carbocycles. The number of likely N-dealkylation sites (tertiary alicyclic amines) is 2. The van der Waals surface area contributed by atoms with Crippen LogP contribution >= 0.6 is 11.6 Å². The zero-order chi connectivity index (χ0) is 23.8. The van der Waals surface area contributed by atoms with Crippen molar-refractivity contribution in [3.8, 4) is 11.5 Å². The van der Waals surface area contributed by atoms with Gasteiger partial charge in [0.25, 0.3) is 0 Å². The van der Waals surface area contributed by atoms with Crippen LogP contribution in [0.25, 0.3) is 11.0 Å². The topological polar surface area (TPSA) is 73.5 Å². The number of nitrogens with one attached hydrogen (secondary N) is 2. The van der Waals surface area contributed by atoms with E-state index in [1.54, 1.807) is 6.20 Å². The van der Waals surface area contributed by atoms with Crippen LogP contribution < -0.4 is 10.1 Å². The van der Waals surface area contributed by atoms with Crippen molar-refractivity contribution >= 4 is 34.4 Å². The second-order valence-electron chi connectivity index (χ2n) is 9.26. The van der Waals surface area contributed by atoms with E-state index in [0.29, 0.717) is 22.7 Å². The van der Waals surface area contributed by atoms with Gasteiger partial charge < -0.3 is 19.9 Å². The lowest BCUT2D eigenvalue weighted by Gasteiger charge is -2.25. The summed E-state index contributed by atoms with van der Waals surface area (Å²) >= 11 is 5.97. The summed E-state index contributed by atoms with van der Waals surface area (Å²) in [6.07, 6.45) is 4.64. The highest BCUT2D eigenvalue weighted by molar-refractivity contribution is 6.30. The Bertz CT molecular complexity index is 1360. The van der Waals surface area contributed by atoms with Crippen molar-refractivity contribution in [1.29, 1.82) is 0 Å². The van der Waals surface area contributed by atoms with Gasteiger partial charge in [0, 0.05) is 42.3 Å². The van der Waals surface area contributed by atoms with Crippen molar-refractivity contribution < 1.29 is 9.53 Å². The molecule has 35 heavy (non-hydrogen) atoms. The van der Waals surface area contributed by atoms with Crippen LogP contribution in [0.2, 0.25) is 5.02 Å². The average Bonchev–Trinajstić information content (AvgIpc) is 3.58. The lowest BCUT2D eigenvalue weighted by molar-refractivity contribution is 0.204. The van der Waals surface area contributed by atoms with E-state index < -0.39 is 0 Å². The first-order valence-electron chi connectivity index (χ1n) is 11.9. The van der Waals surface area contributed by atoms with E-state index in [9.17, 15) is 4.79 Å². The van der Waals surface area contributed by atoms with Crippen LogP contribution in [0.1, 0.15) is 12.0 Å². The van der Waals surface area contributed by atoms with Gasteiger partial charge in [0.15, 0.2) is 0 Å². The highest BCUT2D eigenvalue weighted by atomic mass is 35.5. The number of halogens is 1. The maximum absolute atomic E-state index is 13.0. The average molecular weight is 488 g/mol. The van der Waals surface area contributed by atoms with Gasteiger partial charge >= 0.3 is 6.03 Å². The maximum Gasteiger partial charge on any atom is 0.321 e. The number of carbonyl (C=O) groups excluding carboxylic acids is 1. The van der Waals surface area contributed by atoms with Crippen molar-refractivity contribution in [2.45, 2.75) is 19.0 Å². The van der Waals surface area contributed by atoms with Gasteiger partial charge in [-0.1, -0.05) is 23.7 Å². The van der Waals surface area contributed by atoms with Gasteiger partial charge in [-0.3, -0.25) is 4.90 Å². The standard InChI is InChI=1S/C27H26ClN5O2/c28-21-4-6-23(7-5-21)35-24-3-1-2-18(12-24)15-32-11-9-20-16-33(17-25(20)32)27(34)31-22-13-19-8-10-29-26(19)30-14-22/h1-8,10,12-14,20,25H,9,11,15-17H2,(H,29,30)(H,31,34)/t20-,25+/m0/s1. The molecule has 0 saturated carbocycles. The SMILES string of the molecule is O=C(Nc1cnc2[nH]ccc2c1)N1C[C@@H]2CCN(Cc3cccc(Oc4ccc(Cl)cc4)c3)[C@@H]2C1. The predicted molar refractivity (Wildman–Crippen MR) is 137 cm³/mol. The van der Waals surface area contributed by atoms with Gasteiger partial charge in [0.2, 0.25) is 0 Å². The number of pyridine rings is 1. The summed E-state index contributed by atoms with van der Waals surface area (Å²) in [6.45, 7) is 3.40. The Morgan fingerprint density at radius 1 is 1.11 bits per heavy atom. The van der Waals surface area contributed by atoms with Gasteiger partial charge in [0.05, 0.1) is 11.9 Å². The number of fused-ring (bicyclic) bond motifs is 2. The molecule has 2 aliphatic rings. The van der Waals surface area contributed by atoms with E-state index in [-0.39, 0.29) is 6.03 Å². The van der Waals surface area contributed by atoms with Crippen molar-refractivity contribution in [2.75, 3.05) is 25.0 Å². The minimum Gasteiger partial charge on any atom is -0.457 e. The zero-order valence-electron chi connectivity index (χ0n) is 19.2. The molecule has 2 fully saturated rings. The number of aromatic nitrogens is 2. The van der Waals surface area contributed by atoms with E-state index in [0.717, 1.165) is 55.1 Å². The van der Waals surface area contributed by atoms with Gasteiger partial charge in [-0.05, 0) is 73.0 Å². The van der Waals surface area contributed by atoms with Crippen LogP contribution in [0, 0.1) is 5.92 Å². The number of aromatic amines is 1. The van der Waals surface area contributed by atoms with Crippen molar-refractivity contribution in [3.63, 3.8) is 0 Å². The molecule has 0 bridgehead atoms. The van der Waals surface area contributed by atoms with Crippen molar-refractivity contribution in [2.24, 2.45) is 5.92 Å². The molecule has 2 atom stereocenters. The van der Waals surface area contributed by atoms with E-state index in [2.05, 4.69) is 32.3 Å². The summed E-state index contributed by atoms with van der Waals surface area (Å²) in [7, 11) is 0. The number of nitrogens with zero attached hydrogens (tertiary/aromatic N) is 3. The smallest absolute Gasteiger partial charge is 0.321 e. The number of carbonyl (C=O) groups is 1. The van der Waals surface area contributed by atoms with Crippen molar-refractivity contribution in [1.82, 2.24) is 19.8 Å². The largest absolute Gasteiger partial charge is 0.457 e. The lowest BCUT2D eigenvalue weighted by atomic mass is 10.0. The number of ether oxygens (including phenoxy) is 1. The molecular formula is C27H26ClN5O2. The lowest BCUT2D eigenvalue weighted by Crippen LogP contribution is -2.38. The summed E-state index contributed by atoms with van der Waals surface area (Å²) in [5, 5.41) is 4.69. The van der Waals surface area contributed by atoms with E-state index in [4.69, 9.17) is 16.3 Å². The molecule has 4 aromatic rings. The molecule has 0 unspecified atom stereocenters. The van der Waals surface area contributed by atoms with Gasteiger partial charge in [0.1, 0.15) is 17.1 Å². The highest BCUT2D eigenvalue weighted by Crippen LogP contribution is 2.33. The number of hydrogen-bond donors (Lipinski definition) is 2. The summed E-state index contributed by atoms with van der Waals surface area (Å²) in [5.41, 5.74) is 2.73. The third kappa shape index (κ3) is 4.70. The van der Waals surface area contributed by atoms with Gasteiger partial charge in [-0.25, -0.2) is 9.78 Å². The summed E-state index contributed by atoms with van der Waals surface area (Å²) in [5.74, 6) is 2.07. The molecule has 7 nitrogen and oxygen atoms in total. The molecule has 2 aromatic heterocycles. The first-order valence-corrected chi connectivity index (χ1v) is 12.2. The summed E-state index contributed by atoms with van der Waals surface area (Å²) in [6, 6.07) is 19.8. The molecule has 4 heterocycles. The Kier molecular flexibility index (Phi) is 5.80. The number of H-pyrrole nitrogens is 1. The molecular weight excluding hydrogens is 462 g/mol. The van der Waals surface area contributed by atoms with Crippen LogP contribution in [0.3, 0.4) is 0 Å². The summed E-state index contributed by atoms with van der Waals surface area (Å²) in [4.78, 5) is 24.8. The fraction of sp³-hybridized carbons (Fsp3) is 0.259. The summed E-state index contributed by atoms with van der Waals surface area (Å²) < 4.78 is 6.01. The third-order valence-electron chi connectivity index (χ3n) is 6.93. The van der Waals surface area contributed by atoms with Crippen molar-refractivity contribution in [3.05, 3.63) is 83.6 Å². The minimum atomic E-state index is -0.0607. The second-order valence-corrected chi connectivity index (χ2v) is 9.70. The molecule has 0 spiro atoms. The Morgan fingerprint density at radius 3 is 2.89 bits per heavy atom. The van der Waals surface area contributed by atoms with E-state index in [1.165, 1.54) is 5.56 Å².